The summed E-state index contributed by atoms with van der Waals surface area (Å²) >= 11 is 0. The first-order valence-electron chi connectivity index (χ1n) is 14.0. The Morgan fingerprint density at radius 2 is 1.68 bits per heavy atom. The number of amides is 1. The summed E-state index contributed by atoms with van der Waals surface area (Å²) in [6.07, 6.45) is 12.3. The molecule has 3 aliphatic carbocycles. The number of benzene rings is 2. The average Bonchev–Trinajstić information content (AvgIpc) is 3.63. The molecule has 4 aromatic rings. The number of fused-ring (bicyclic) bond motifs is 2. The van der Waals surface area contributed by atoms with Crippen LogP contribution in [0.4, 0.5) is 4.39 Å². The molecule has 3 fully saturated rings. The van der Waals surface area contributed by atoms with E-state index in [9.17, 15) is 9.18 Å². The standard InChI is InChI=1S/C31H33FN4O/c32-22-11-13-26-25(17-22)24(14-15-33-26)18-4-6-19(7-5-18)29(20-8-9-20)30-35-27-12-10-21(16-28(27)36-30)31(37)34-23-2-1-3-23/h10-20,23,29H,1-9H2,(H,34,37)(H,35,36)/t18?,19?,29-/m0/s1. The van der Waals surface area contributed by atoms with Gasteiger partial charge >= 0.3 is 0 Å². The van der Waals surface area contributed by atoms with Gasteiger partial charge in [0.2, 0.25) is 0 Å². The SMILES string of the molecule is O=C(NC1CCC1)c1ccc2nc([C@@H](C3CCC(c4ccnc5ccc(F)cc45)CC3)C3CC3)[nH]c2c1. The number of aromatic nitrogens is 3. The third-order valence-electron chi connectivity index (χ3n) is 9.11. The molecule has 0 bridgehead atoms. The number of carbonyl (C=O) groups is 1. The summed E-state index contributed by atoms with van der Waals surface area (Å²) in [6, 6.07) is 13.2. The van der Waals surface area contributed by atoms with Gasteiger partial charge in [-0.1, -0.05) is 0 Å². The van der Waals surface area contributed by atoms with Crippen LogP contribution in [0.3, 0.4) is 0 Å². The number of hydrogen-bond acceptors (Lipinski definition) is 3. The van der Waals surface area contributed by atoms with Crippen LogP contribution < -0.4 is 5.32 Å². The summed E-state index contributed by atoms with van der Waals surface area (Å²) in [7, 11) is 0. The number of nitrogens with zero attached hydrogens (tertiary/aromatic N) is 2. The Balaban J connectivity index is 1.10. The number of nitrogens with one attached hydrogen (secondary N) is 2. The van der Waals surface area contributed by atoms with Gasteiger partial charge in [0.1, 0.15) is 11.6 Å². The van der Waals surface area contributed by atoms with E-state index in [2.05, 4.69) is 21.4 Å². The van der Waals surface area contributed by atoms with E-state index in [0.29, 0.717) is 35.3 Å². The first-order chi connectivity index (χ1) is 18.1. The highest BCUT2D eigenvalue weighted by molar-refractivity contribution is 5.97. The van der Waals surface area contributed by atoms with Crippen LogP contribution in [-0.4, -0.2) is 26.9 Å². The van der Waals surface area contributed by atoms with Crippen molar-refractivity contribution in [3.05, 3.63) is 71.4 Å². The van der Waals surface area contributed by atoms with Gasteiger partial charge in [0, 0.05) is 29.1 Å². The van der Waals surface area contributed by atoms with Crippen LogP contribution in [0.5, 0.6) is 0 Å². The molecule has 2 aromatic heterocycles. The fourth-order valence-electron chi connectivity index (χ4n) is 6.72. The van der Waals surface area contributed by atoms with Crippen LogP contribution in [0.15, 0.2) is 48.7 Å². The van der Waals surface area contributed by atoms with Gasteiger partial charge in [0.05, 0.1) is 16.6 Å². The Bertz CT molecular complexity index is 1460. The maximum Gasteiger partial charge on any atom is 0.251 e. The van der Waals surface area contributed by atoms with Crippen LogP contribution in [0.1, 0.15) is 91.4 Å². The summed E-state index contributed by atoms with van der Waals surface area (Å²) in [4.78, 5) is 25.8. The molecule has 1 amide bonds. The van der Waals surface area contributed by atoms with E-state index >= 15 is 0 Å². The second-order valence-corrected chi connectivity index (χ2v) is 11.5. The van der Waals surface area contributed by atoms with Gasteiger partial charge < -0.3 is 10.3 Å². The van der Waals surface area contributed by atoms with Gasteiger partial charge in [-0.25, -0.2) is 9.37 Å². The number of rotatable bonds is 6. The minimum atomic E-state index is -0.196. The van der Waals surface area contributed by atoms with Gasteiger partial charge in [-0.15, -0.1) is 0 Å². The van der Waals surface area contributed by atoms with Crippen LogP contribution in [0.2, 0.25) is 0 Å². The van der Waals surface area contributed by atoms with Crippen LogP contribution in [0, 0.1) is 17.7 Å². The minimum Gasteiger partial charge on any atom is -0.349 e. The molecule has 7 rings (SSSR count). The normalized spacial score (nSPS) is 23.2. The van der Waals surface area contributed by atoms with Gasteiger partial charge in [-0.2, -0.15) is 0 Å². The zero-order chi connectivity index (χ0) is 24.9. The number of halogens is 1. The summed E-state index contributed by atoms with van der Waals surface area (Å²) in [6.45, 7) is 0. The summed E-state index contributed by atoms with van der Waals surface area (Å²) in [5.74, 6) is 3.08. The van der Waals surface area contributed by atoms with Crippen molar-refractivity contribution < 1.29 is 9.18 Å². The Morgan fingerprint density at radius 3 is 2.41 bits per heavy atom. The van der Waals surface area contributed by atoms with E-state index in [1.807, 2.05) is 24.4 Å². The molecule has 2 N–H and O–H groups in total. The third kappa shape index (κ3) is 4.41. The molecular weight excluding hydrogens is 463 g/mol. The zero-order valence-electron chi connectivity index (χ0n) is 21.1. The largest absolute Gasteiger partial charge is 0.349 e. The number of hydrogen-bond donors (Lipinski definition) is 2. The third-order valence-corrected chi connectivity index (χ3v) is 9.11. The van der Waals surface area contributed by atoms with Crippen LogP contribution in [0.25, 0.3) is 21.9 Å². The van der Waals surface area contributed by atoms with Crippen molar-refractivity contribution >= 4 is 27.8 Å². The molecule has 5 nitrogen and oxygen atoms in total. The highest BCUT2D eigenvalue weighted by atomic mass is 19.1. The number of H-pyrrole nitrogens is 1. The number of aromatic amines is 1. The average molecular weight is 497 g/mol. The molecule has 37 heavy (non-hydrogen) atoms. The zero-order valence-corrected chi connectivity index (χ0v) is 21.1. The van der Waals surface area contributed by atoms with E-state index in [1.54, 1.807) is 12.1 Å². The van der Waals surface area contributed by atoms with Crippen molar-refractivity contribution in [2.24, 2.45) is 11.8 Å². The molecule has 1 atom stereocenters. The van der Waals surface area contributed by atoms with E-state index in [0.717, 1.165) is 66.3 Å². The number of imidazole rings is 1. The topological polar surface area (TPSA) is 70.7 Å². The quantitative estimate of drug-likeness (QED) is 0.302. The predicted molar refractivity (Wildman–Crippen MR) is 143 cm³/mol. The Kier molecular flexibility index (Phi) is 5.71. The fourth-order valence-corrected chi connectivity index (χ4v) is 6.72. The molecule has 0 saturated heterocycles. The smallest absolute Gasteiger partial charge is 0.251 e. The van der Waals surface area contributed by atoms with Crippen molar-refractivity contribution in [2.75, 3.05) is 0 Å². The Labute approximate surface area is 216 Å². The van der Waals surface area contributed by atoms with Gasteiger partial charge in [-0.3, -0.25) is 9.78 Å². The second kappa shape index (κ2) is 9.23. The fraction of sp³-hybridized carbons (Fsp3) is 0.452. The Morgan fingerprint density at radius 1 is 0.919 bits per heavy atom. The molecule has 2 aromatic carbocycles. The highest BCUT2D eigenvalue weighted by Gasteiger charge is 2.41. The van der Waals surface area contributed by atoms with E-state index < -0.39 is 0 Å². The summed E-state index contributed by atoms with van der Waals surface area (Å²) < 4.78 is 14.0. The molecule has 190 valence electrons. The van der Waals surface area contributed by atoms with E-state index in [4.69, 9.17) is 4.98 Å². The monoisotopic (exact) mass is 496 g/mol. The first kappa shape index (κ1) is 22.9. The minimum absolute atomic E-state index is 0.0170. The van der Waals surface area contributed by atoms with Gasteiger partial charge in [0.25, 0.3) is 5.91 Å². The summed E-state index contributed by atoms with van der Waals surface area (Å²) in [5, 5.41) is 4.10. The molecule has 0 radical (unpaired) electrons. The summed E-state index contributed by atoms with van der Waals surface area (Å²) in [5.41, 5.74) is 4.72. The first-order valence-corrected chi connectivity index (χ1v) is 14.0. The lowest BCUT2D eigenvalue weighted by Gasteiger charge is -2.34. The van der Waals surface area contributed by atoms with Gasteiger partial charge in [0.15, 0.2) is 0 Å². The van der Waals surface area contributed by atoms with Crippen LogP contribution in [-0.2, 0) is 0 Å². The van der Waals surface area contributed by atoms with Crippen molar-refractivity contribution in [3.8, 4) is 0 Å². The van der Waals surface area contributed by atoms with Crippen molar-refractivity contribution in [1.29, 1.82) is 0 Å². The van der Waals surface area contributed by atoms with Crippen molar-refractivity contribution in [3.63, 3.8) is 0 Å². The maximum absolute atomic E-state index is 14.0. The molecule has 0 unspecified atom stereocenters. The molecule has 3 saturated carbocycles. The molecule has 3 aliphatic rings. The molecule has 0 aliphatic heterocycles. The second-order valence-electron chi connectivity index (χ2n) is 11.5. The lowest BCUT2D eigenvalue weighted by Crippen LogP contribution is -2.39. The molecule has 2 heterocycles. The lowest BCUT2D eigenvalue weighted by atomic mass is 9.72. The van der Waals surface area contributed by atoms with E-state index in [1.165, 1.54) is 30.9 Å². The van der Waals surface area contributed by atoms with E-state index in [-0.39, 0.29) is 11.7 Å². The van der Waals surface area contributed by atoms with Gasteiger partial charge in [-0.05, 0) is 124 Å². The van der Waals surface area contributed by atoms with Crippen molar-refractivity contribution in [2.45, 2.75) is 75.7 Å². The highest BCUT2D eigenvalue weighted by Crippen LogP contribution is 2.52. The van der Waals surface area contributed by atoms with Crippen molar-refractivity contribution in [1.82, 2.24) is 20.3 Å². The maximum atomic E-state index is 14.0. The Hall–Kier alpha value is -3.28. The molecule has 6 heteroatoms. The number of pyridine rings is 1. The molecule has 0 spiro atoms. The molecular formula is C31H33FN4O. The number of carbonyl (C=O) groups excluding carboxylic acids is 1. The van der Waals surface area contributed by atoms with Crippen LogP contribution >= 0.6 is 0 Å². The predicted octanol–water partition coefficient (Wildman–Crippen LogP) is 7.00. The lowest BCUT2D eigenvalue weighted by molar-refractivity contribution is 0.0917.